The van der Waals surface area contributed by atoms with Crippen LogP contribution in [0.15, 0.2) is 35.3 Å². The molecule has 0 radical (unpaired) electrons. The number of rotatable bonds is 7. The van der Waals surface area contributed by atoms with E-state index in [1.807, 2.05) is 0 Å². The quantitative estimate of drug-likeness (QED) is 0.568. The maximum Gasteiger partial charge on any atom is 0.203 e. The number of aliphatic imine (C=N–C) groups is 1. The summed E-state index contributed by atoms with van der Waals surface area (Å²) in [5, 5.41) is 2.84. The lowest BCUT2D eigenvalue weighted by Crippen LogP contribution is -2.34. The second-order valence-corrected chi connectivity index (χ2v) is 5.42. The average molecular weight is 380 g/mol. The molecule has 9 heteroatoms. The van der Waals surface area contributed by atoms with Gasteiger partial charge in [0.15, 0.2) is 29.1 Å². The van der Waals surface area contributed by atoms with Crippen molar-refractivity contribution < 1.29 is 23.0 Å². The molecule has 0 amide bonds. The van der Waals surface area contributed by atoms with Gasteiger partial charge < -0.3 is 30.2 Å². The number of ether oxygens (including phenoxy) is 3. The lowest BCUT2D eigenvalue weighted by atomic mass is 10.2. The highest BCUT2D eigenvalue weighted by atomic mass is 19.2. The van der Waals surface area contributed by atoms with Gasteiger partial charge in [-0.25, -0.2) is 13.8 Å². The van der Waals surface area contributed by atoms with Crippen LogP contribution in [0.2, 0.25) is 0 Å². The SMILES string of the molecule is COc1cc(N(C)C(N)=NCNc2ccc(F)c(F)c2)cc(OC)c1OC. The van der Waals surface area contributed by atoms with Gasteiger partial charge in [-0.3, -0.25) is 0 Å². The predicted molar refractivity (Wildman–Crippen MR) is 101 cm³/mol. The van der Waals surface area contributed by atoms with E-state index >= 15 is 0 Å². The third-order valence-electron chi connectivity index (χ3n) is 3.82. The summed E-state index contributed by atoms with van der Waals surface area (Å²) in [4.78, 5) is 5.80. The molecule has 2 rings (SSSR count). The van der Waals surface area contributed by atoms with Crippen molar-refractivity contribution in [1.82, 2.24) is 0 Å². The molecular formula is C18H22F2N4O3. The number of hydrogen-bond donors (Lipinski definition) is 2. The fourth-order valence-electron chi connectivity index (χ4n) is 2.32. The van der Waals surface area contributed by atoms with Crippen LogP contribution in [0.25, 0.3) is 0 Å². The van der Waals surface area contributed by atoms with Gasteiger partial charge in [-0.1, -0.05) is 0 Å². The van der Waals surface area contributed by atoms with Crippen molar-refractivity contribution in [3.63, 3.8) is 0 Å². The van der Waals surface area contributed by atoms with Gasteiger partial charge in [0, 0.05) is 30.9 Å². The highest BCUT2D eigenvalue weighted by molar-refractivity contribution is 5.95. The Hall–Kier alpha value is -3.23. The second-order valence-electron chi connectivity index (χ2n) is 5.42. The van der Waals surface area contributed by atoms with Crippen LogP contribution < -0.4 is 30.2 Å². The predicted octanol–water partition coefficient (Wildman–Crippen LogP) is 2.81. The fraction of sp³-hybridized carbons (Fsp3) is 0.278. The number of anilines is 2. The first kappa shape index (κ1) is 20.1. The van der Waals surface area contributed by atoms with Gasteiger partial charge in [-0.05, 0) is 12.1 Å². The first-order valence-electron chi connectivity index (χ1n) is 7.93. The molecule has 0 saturated heterocycles. The van der Waals surface area contributed by atoms with Gasteiger partial charge in [-0.15, -0.1) is 0 Å². The van der Waals surface area contributed by atoms with Crippen LogP contribution in [0.1, 0.15) is 0 Å². The number of nitrogens with two attached hydrogens (primary N) is 1. The van der Waals surface area contributed by atoms with E-state index in [0.717, 1.165) is 12.1 Å². The third-order valence-corrected chi connectivity index (χ3v) is 3.82. The Morgan fingerprint density at radius 2 is 1.67 bits per heavy atom. The van der Waals surface area contributed by atoms with Gasteiger partial charge in [0.25, 0.3) is 0 Å². The van der Waals surface area contributed by atoms with Crippen molar-refractivity contribution in [2.45, 2.75) is 0 Å². The van der Waals surface area contributed by atoms with Gasteiger partial charge in [0.05, 0.1) is 27.0 Å². The van der Waals surface area contributed by atoms with E-state index in [0.29, 0.717) is 28.6 Å². The van der Waals surface area contributed by atoms with Gasteiger partial charge >= 0.3 is 0 Å². The molecule has 2 aromatic carbocycles. The van der Waals surface area contributed by atoms with Crippen molar-refractivity contribution in [2.24, 2.45) is 10.7 Å². The van der Waals surface area contributed by atoms with E-state index in [1.54, 1.807) is 24.1 Å². The van der Waals surface area contributed by atoms with Crippen LogP contribution >= 0.6 is 0 Å². The molecule has 0 bridgehead atoms. The molecule has 27 heavy (non-hydrogen) atoms. The Bertz CT molecular complexity index is 805. The van der Waals surface area contributed by atoms with Crippen molar-refractivity contribution in [3.8, 4) is 17.2 Å². The van der Waals surface area contributed by atoms with Gasteiger partial charge in [0.1, 0.15) is 6.67 Å². The molecule has 7 nitrogen and oxygen atoms in total. The molecule has 0 aliphatic heterocycles. The minimum Gasteiger partial charge on any atom is -0.493 e. The van der Waals surface area contributed by atoms with Gasteiger partial charge in [0.2, 0.25) is 5.75 Å². The average Bonchev–Trinajstić information content (AvgIpc) is 2.68. The normalized spacial score (nSPS) is 11.1. The summed E-state index contributed by atoms with van der Waals surface area (Å²) in [7, 11) is 6.27. The largest absolute Gasteiger partial charge is 0.493 e. The van der Waals surface area contributed by atoms with Crippen LogP contribution in [0, 0.1) is 11.6 Å². The highest BCUT2D eigenvalue weighted by Gasteiger charge is 2.16. The zero-order chi connectivity index (χ0) is 20.0. The van der Waals surface area contributed by atoms with E-state index in [2.05, 4.69) is 10.3 Å². The summed E-state index contributed by atoms with van der Waals surface area (Å²) in [6, 6.07) is 6.95. The van der Waals surface area contributed by atoms with E-state index in [-0.39, 0.29) is 12.6 Å². The summed E-state index contributed by atoms with van der Waals surface area (Å²) in [5.41, 5.74) is 7.07. The highest BCUT2D eigenvalue weighted by Crippen LogP contribution is 2.40. The molecule has 0 heterocycles. The number of methoxy groups -OCH3 is 3. The van der Waals surface area contributed by atoms with Crippen LogP contribution in [0.3, 0.4) is 0 Å². The molecule has 0 saturated carbocycles. The molecule has 0 aliphatic carbocycles. The summed E-state index contributed by atoms with van der Waals surface area (Å²) in [6.07, 6.45) is 0. The van der Waals surface area contributed by atoms with E-state index in [9.17, 15) is 8.78 Å². The Morgan fingerprint density at radius 1 is 1.04 bits per heavy atom. The summed E-state index contributed by atoms with van der Waals surface area (Å²) < 4.78 is 42.1. The Morgan fingerprint density at radius 3 is 2.19 bits per heavy atom. The van der Waals surface area contributed by atoms with E-state index in [1.165, 1.54) is 27.4 Å². The lowest BCUT2D eigenvalue weighted by Gasteiger charge is -2.21. The first-order valence-corrected chi connectivity index (χ1v) is 7.93. The smallest absolute Gasteiger partial charge is 0.203 e. The molecule has 0 fully saturated rings. The summed E-state index contributed by atoms with van der Waals surface area (Å²) >= 11 is 0. The number of nitrogens with zero attached hydrogens (tertiary/aromatic N) is 2. The van der Waals surface area contributed by atoms with Crippen LogP contribution in [-0.4, -0.2) is 41.0 Å². The van der Waals surface area contributed by atoms with E-state index in [4.69, 9.17) is 19.9 Å². The molecule has 0 atom stereocenters. The number of guanidine groups is 1. The van der Waals surface area contributed by atoms with Crippen molar-refractivity contribution >= 4 is 17.3 Å². The van der Waals surface area contributed by atoms with Crippen LogP contribution in [-0.2, 0) is 0 Å². The van der Waals surface area contributed by atoms with Crippen LogP contribution in [0.5, 0.6) is 17.2 Å². The fourth-order valence-corrected chi connectivity index (χ4v) is 2.32. The monoisotopic (exact) mass is 380 g/mol. The third kappa shape index (κ3) is 4.69. The van der Waals surface area contributed by atoms with Crippen molar-refractivity contribution in [2.75, 3.05) is 45.3 Å². The number of benzene rings is 2. The topological polar surface area (TPSA) is 81.3 Å². The first-order chi connectivity index (χ1) is 12.9. The molecule has 146 valence electrons. The molecular weight excluding hydrogens is 358 g/mol. The lowest BCUT2D eigenvalue weighted by molar-refractivity contribution is 0.324. The van der Waals surface area contributed by atoms with E-state index < -0.39 is 11.6 Å². The zero-order valence-electron chi connectivity index (χ0n) is 15.5. The summed E-state index contributed by atoms with van der Waals surface area (Å²) in [6.45, 7) is 0.0751. The van der Waals surface area contributed by atoms with Crippen molar-refractivity contribution in [1.29, 1.82) is 0 Å². The molecule has 0 aromatic heterocycles. The number of hydrogen-bond acceptors (Lipinski definition) is 5. The number of nitrogens with one attached hydrogen (secondary N) is 1. The minimum atomic E-state index is -0.938. The van der Waals surface area contributed by atoms with Crippen LogP contribution in [0.4, 0.5) is 20.2 Å². The Balaban J connectivity index is 2.14. The molecule has 3 N–H and O–H groups in total. The molecule has 0 spiro atoms. The molecule has 2 aromatic rings. The summed E-state index contributed by atoms with van der Waals surface area (Å²) in [5.74, 6) is -0.234. The second kappa shape index (κ2) is 8.93. The molecule has 0 unspecified atom stereocenters. The Kier molecular flexibility index (Phi) is 6.64. The standard InChI is InChI=1S/C18H22F2N4O3/c1-24(12-8-15(25-2)17(27-4)16(9-12)26-3)18(21)23-10-22-11-5-6-13(19)14(20)7-11/h5-9,22H,10H2,1-4H3,(H2,21,23). The number of halogens is 2. The molecule has 0 aliphatic rings. The van der Waals surface area contributed by atoms with Crippen molar-refractivity contribution in [3.05, 3.63) is 42.0 Å². The zero-order valence-corrected chi connectivity index (χ0v) is 15.5. The maximum atomic E-state index is 13.2. The minimum absolute atomic E-state index is 0.0751. The maximum absolute atomic E-state index is 13.2. The van der Waals surface area contributed by atoms with Gasteiger partial charge in [-0.2, -0.15) is 0 Å². The Labute approximate surface area is 156 Å².